The third kappa shape index (κ3) is 3.26. The van der Waals surface area contributed by atoms with E-state index in [9.17, 15) is 0 Å². The molecule has 2 rings (SSSR count). The minimum absolute atomic E-state index is 0.347. The van der Waals surface area contributed by atoms with Crippen LogP contribution in [0.25, 0.3) is 0 Å². The first-order valence-electron chi connectivity index (χ1n) is 6.55. The maximum Gasteiger partial charge on any atom is 0.0272 e. The second-order valence-corrected chi connectivity index (χ2v) is 6.87. The largest absolute Gasteiger partial charge is 0.327 e. The van der Waals surface area contributed by atoms with Crippen LogP contribution in [0, 0.1) is 18.8 Å². The molecule has 17 heavy (non-hydrogen) atoms. The highest BCUT2D eigenvalue weighted by atomic mass is 32.2. The molecule has 94 valence electrons. The lowest BCUT2D eigenvalue weighted by atomic mass is 9.80. The first kappa shape index (κ1) is 13.0. The van der Waals surface area contributed by atoms with Crippen LogP contribution >= 0.6 is 11.8 Å². The zero-order valence-corrected chi connectivity index (χ0v) is 11.8. The Hall–Kier alpha value is -0.470. The number of hydrogen-bond acceptors (Lipinski definition) is 2. The molecule has 0 heterocycles. The van der Waals surface area contributed by atoms with Crippen molar-refractivity contribution in [2.24, 2.45) is 17.6 Å². The topological polar surface area (TPSA) is 26.0 Å². The smallest absolute Gasteiger partial charge is 0.0272 e. The zero-order chi connectivity index (χ0) is 12.4. The van der Waals surface area contributed by atoms with Gasteiger partial charge in [-0.25, -0.2) is 0 Å². The van der Waals surface area contributed by atoms with Crippen LogP contribution in [0.2, 0.25) is 0 Å². The Labute approximate surface area is 109 Å². The molecular weight excluding hydrogens is 226 g/mol. The first-order valence-corrected chi connectivity index (χ1v) is 7.43. The van der Waals surface area contributed by atoms with Gasteiger partial charge in [-0.3, -0.25) is 0 Å². The van der Waals surface area contributed by atoms with Crippen molar-refractivity contribution in [1.29, 1.82) is 0 Å². The SMILES string of the molecule is Cc1cccc(SC2C(C)CC(C)CC2N)c1. The Morgan fingerprint density at radius 2 is 2.00 bits per heavy atom. The highest BCUT2D eigenvalue weighted by molar-refractivity contribution is 8.00. The average Bonchev–Trinajstić information content (AvgIpc) is 2.23. The summed E-state index contributed by atoms with van der Waals surface area (Å²) in [6.45, 7) is 6.82. The van der Waals surface area contributed by atoms with Crippen molar-refractivity contribution in [2.75, 3.05) is 0 Å². The van der Waals surface area contributed by atoms with Crippen molar-refractivity contribution in [3.8, 4) is 0 Å². The van der Waals surface area contributed by atoms with Crippen LogP contribution in [0.15, 0.2) is 29.2 Å². The fraction of sp³-hybridized carbons (Fsp3) is 0.600. The second-order valence-electron chi connectivity index (χ2n) is 5.62. The summed E-state index contributed by atoms with van der Waals surface area (Å²) in [6, 6.07) is 9.10. The van der Waals surface area contributed by atoms with E-state index in [1.807, 2.05) is 11.8 Å². The Morgan fingerprint density at radius 3 is 2.65 bits per heavy atom. The molecule has 2 N–H and O–H groups in total. The van der Waals surface area contributed by atoms with Gasteiger partial charge in [-0.15, -0.1) is 11.8 Å². The van der Waals surface area contributed by atoms with Crippen LogP contribution in [-0.2, 0) is 0 Å². The number of thioether (sulfide) groups is 1. The Morgan fingerprint density at radius 1 is 1.24 bits per heavy atom. The molecule has 0 spiro atoms. The fourth-order valence-corrected chi connectivity index (χ4v) is 4.29. The van der Waals surface area contributed by atoms with Gasteiger partial charge in [-0.2, -0.15) is 0 Å². The lowest BCUT2D eigenvalue weighted by Gasteiger charge is -2.37. The molecule has 1 nitrogen and oxygen atoms in total. The van der Waals surface area contributed by atoms with E-state index in [4.69, 9.17) is 5.73 Å². The van der Waals surface area contributed by atoms with Crippen molar-refractivity contribution in [3.63, 3.8) is 0 Å². The molecule has 0 amide bonds. The van der Waals surface area contributed by atoms with Crippen LogP contribution < -0.4 is 5.73 Å². The molecule has 0 aliphatic heterocycles. The molecule has 1 aliphatic carbocycles. The summed E-state index contributed by atoms with van der Waals surface area (Å²) in [7, 11) is 0. The van der Waals surface area contributed by atoms with Gasteiger partial charge in [0.15, 0.2) is 0 Å². The molecule has 1 fully saturated rings. The van der Waals surface area contributed by atoms with Gasteiger partial charge in [0, 0.05) is 16.2 Å². The molecule has 4 atom stereocenters. The number of aryl methyl sites for hydroxylation is 1. The maximum absolute atomic E-state index is 6.32. The van der Waals surface area contributed by atoms with Crippen LogP contribution in [0.1, 0.15) is 32.3 Å². The third-order valence-electron chi connectivity index (χ3n) is 3.69. The van der Waals surface area contributed by atoms with Gasteiger partial charge in [-0.1, -0.05) is 31.5 Å². The van der Waals surface area contributed by atoms with E-state index in [2.05, 4.69) is 45.0 Å². The summed E-state index contributed by atoms with van der Waals surface area (Å²) in [5, 5.41) is 0.577. The molecular formula is C15H23NS. The van der Waals surface area contributed by atoms with Gasteiger partial charge in [0.05, 0.1) is 0 Å². The highest BCUT2D eigenvalue weighted by Gasteiger charge is 2.32. The van der Waals surface area contributed by atoms with E-state index in [0.717, 1.165) is 11.8 Å². The maximum atomic E-state index is 6.32. The van der Waals surface area contributed by atoms with Gasteiger partial charge in [0.25, 0.3) is 0 Å². The fourth-order valence-electron chi connectivity index (χ4n) is 2.94. The molecule has 4 unspecified atom stereocenters. The highest BCUT2D eigenvalue weighted by Crippen LogP contribution is 2.38. The normalized spacial score (nSPS) is 33.6. The van der Waals surface area contributed by atoms with E-state index in [1.54, 1.807) is 0 Å². The molecule has 1 aromatic rings. The minimum atomic E-state index is 0.347. The number of hydrogen-bond donors (Lipinski definition) is 1. The van der Waals surface area contributed by atoms with Crippen LogP contribution in [0.5, 0.6) is 0 Å². The number of benzene rings is 1. The molecule has 0 radical (unpaired) electrons. The van der Waals surface area contributed by atoms with E-state index in [0.29, 0.717) is 11.3 Å². The molecule has 1 aromatic carbocycles. The summed E-state index contributed by atoms with van der Waals surface area (Å²) in [5.74, 6) is 1.51. The van der Waals surface area contributed by atoms with Gasteiger partial charge < -0.3 is 5.73 Å². The van der Waals surface area contributed by atoms with Crippen molar-refractivity contribution in [1.82, 2.24) is 0 Å². The number of nitrogens with two attached hydrogens (primary N) is 1. The summed E-state index contributed by atoms with van der Waals surface area (Å²) < 4.78 is 0. The molecule has 0 bridgehead atoms. The summed E-state index contributed by atoms with van der Waals surface area (Å²) >= 11 is 1.97. The van der Waals surface area contributed by atoms with Gasteiger partial charge in [-0.05, 0) is 43.7 Å². The molecule has 2 heteroatoms. The predicted octanol–water partition coefficient (Wildman–Crippen LogP) is 3.85. The van der Waals surface area contributed by atoms with E-state index < -0.39 is 0 Å². The lowest BCUT2D eigenvalue weighted by molar-refractivity contribution is 0.279. The molecule has 1 saturated carbocycles. The Balaban J connectivity index is 2.07. The Kier molecular flexibility index (Phi) is 4.16. The summed E-state index contributed by atoms with van der Waals surface area (Å²) in [5.41, 5.74) is 7.66. The van der Waals surface area contributed by atoms with Crippen LogP contribution in [0.3, 0.4) is 0 Å². The monoisotopic (exact) mass is 249 g/mol. The quantitative estimate of drug-likeness (QED) is 0.861. The standard InChI is InChI=1S/C15H23NS/c1-10-5-4-6-13(8-10)17-15-12(3)7-11(2)9-14(15)16/h4-6,8,11-12,14-15H,7,9,16H2,1-3H3. The van der Waals surface area contributed by atoms with Gasteiger partial charge >= 0.3 is 0 Å². The predicted molar refractivity (Wildman–Crippen MR) is 76.4 cm³/mol. The van der Waals surface area contributed by atoms with E-state index >= 15 is 0 Å². The lowest BCUT2D eigenvalue weighted by Crippen LogP contribution is -2.42. The van der Waals surface area contributed by atoms with E-state index in [1.165, 1.54) is 23.3 Å². The van der Waals surface area contributed by atoms with Crippen molar-refractivity contribution >= 4 is 11.8 Å². The molecule has 0 saturated heterocycles. The second kappa shape index (κ2) is 5.45. The first-order chi connectivity index (χ1) is 8.06. The van der Waals surface area contributed by atoms with Crippen LogP contribution in [-0.4, -0.2) is 11.3 Å². The van der Waals surface area contributed by atoms with Crippen molar-refractivity contribution in [2.45, 2.75) is 49.8 Å². The van der Waals surface area contributed by atoms with Crippen molar-refractivity contribution < 1.29 is 0 Å². The van der Waals surface area contributed by atoms with Crippen LogP contribution in [0.4, 0.5) is 0 Å². The minimum Gasteiger partial charge on any atom is -0.327 e. The van der Waals surface area contributed by atoms with E-state index in [-0.39, 0.29) is 0 Å². The third-order valence-corrected chi connectivity index (χ3v) is 5.31. The van der Waals surface area contributed by atoms with Gasteiger partial charge in [0.2, 0.25) is 0 Å². The van der Waals surface area contributed by atoms with Crippen molar-refractivity contribution in [3.05, 3.63) is 29.8 Å². The molecule has 1 aliphatic rings. The average molecular weight is 249 g/mol. The van der Waals surface area contributed by atoms with Gasteiger partial charge in [0.1, 0.15) is 0 Å². The summed E-state index contributed by atoms with van der Waals surface area (Å²) in [6.07, 6.45) is 2.49. The molecule has 0 aromatic heterocycles. The summed E-state index contributed by atoms with van der Waals surface area (Å²) in [4.78, 5) is 1.37. The Bertz CT molecular complexity index is 365. The zero-order valence-electron chi connectivity index (χ0n) is 11.0. The number of rotatable bonds is 2.